The first-order chi connectivity index (χ1) is 8.23. The van der Waals surface area contributed by atoms with E-state index in [-0.39, 0.29) is 28.5 Å². The summed E-state index contributed by atoms with van der Waals surface area (Å²) in [4.78, 5) is 10.8. The monoisotopic (exact) mass is 271 g/mol. The zero-order valence-corrected chi connectivity index (χ0v) is 11.0. The molecule has 6 nitrogen and oxygen atoms in total. The molecule has 1 rings (SSSR count). The predicted octanol–water partition coefficient (Wildman–Crippen LogP) is 0.848. The van der Waals surface area contributed by atoms with Gasteiger partial charge in [-0.2, -0.15) is 4.31 Å². The fourth-order valence-corrected chi connectivity index (χ4v) is 3.04. The minimum absolute atomic E-state index is 0.0359. The van der Waals surface area contributed by atoms with Gasteiger partial charge in [0.15, 0.2) is 0 Å². The predicted molar refractivity (Wildman–Crippen MR) is 63.8 cm³/mol. The number of aromatic carboxylic acids is 1. The molecule has 0 fully saturated rings. The molecule has 7 heteroatoms. The maximum Gasteiger partial charge on any atom is 0.340 e. The molecule has 1 heterocycles. The van der Waals surface area contributed by atoms with E-state index in [1.54, 1.807) is 0 Å². The number of hydrogen-bond donors (Lipinski definition) is 1. The van der Waals surface area contributed by atoms with E-state index in [1.807, 2.05) is 0 Å². The second-order valence-electron chi connectivity index (χ2n) is 3.69. The highest BCUT2D eigenvalue weighted by molar-refractivity contribution is 7.89. The molecule has 0 atom stereocenters. The number of furan rings is 1. The Kier molecular flexibility index (Phi) is 3.84. The van der Waals surface area contributed by atoms with Crippen LogP contribution in [-0.4, -0.2) is 37.4 Å². The molecule has 0 unspecified atom stereocenters. The van der Waals surface area contributed by atoms with Gasteiger partial charge >= 0.3 is 5.97 Å². The van der Waals surface area contributed by atoms with Crippen molar-refractivity contribution in [3.63, 3.8) is 0 Å². The standard InChI is InChI=1S/C11H13NO5S/c1-5-6-12(4)18(15,16)10-8(3)17-7(2)9(10)11(13)14/h1H,6H2,2-4H3,(H,13,14). The van der Waals surface area contributed by atoms with Crippen LogP contribution in [0.2, 0.25) is 0 Å². The molecule has 0 saturated heterocycles. The second kappa shape index (κ2) is 4.84. The quantitative estimate of drug-likeness (QED) is 0.820. The van der Waals surface area contributed by atoms with Gasteiger partial charge in [0.25, 0.3) is 0 Å². The number of rotatable bonds is 4. The van der Waals surface area contributed by atoms with Crippen LogP contribution in [0.1, 0.15) is 21.9 Å². The van der Waals surface area contributed by atoms with Crippen LogP contribution in [-0.2, 0) is 10.0 Å². The summed E-state index contributed by atoms with van der Waals surface area (Å²) >= 11 is 0. The number of aryl methyl sites for hydroxylation is 2. The second-order valence-corrected chi connectivity index (χ2v) is 5.67. The number of carboxylic acid groups (broad SMARTS) is 1. The van der Waals surface area contributed by atoms with Crippen LogP contribution >= 0.6 is 0 Å². The van der Waals surface area contributed by atoms with Crippen LogP contribution in [0.5, 0.6) is 0 Å². The largest absolute Gasteiger partial charge is 0.478 e. The van der Waals surface area contributed by atoms with E-state index in [9.17, 15) is 13.2 Å². The smallest absolute Gasteiger partial charge is 0.340 e. The van der Waals surface area contributed by atoms with E-state index >= 15 is 0 Å². The third-order valence-corrected chi connectivity index (χ3v) is 4.36. The molecular weight excluding hydrogens is 258 g/mol. The number of terminal acetylenes is 1. The summed E-state index contributed by atoms with van der Waals surface area (Å²) in [6.45, 7) is 2.65. The molecule has 0 aliphatic rings. The first-order valence-electron chi connectivity index (χ1n) is 4.96. The molecule has 0 radical (unpaired) electrons. The van der Waals surface area contributed by atoms with E-state index in [1.165, 1.54) is 20.9 Å². The van der Waals surface area contributed by atoms with Crippen LogP contribution in [0.15, 0.2) is 9.31 Å². The Balaban J connectivity index is 3.52. The molecule has 0 aliphatic carbocycles. The van der Waals surface area contributed by atoms with Crippen LogP contribution < -0.4 is 0 Å². The summed E-state index contributed by atoms with van der Waals surface area (Å²) in [5, 5.41) is 9.05. The molecule has 0 saturated carbocycles. The van der Waals surface area contributed by atoms with Gasteiger partial charge in [0.05, 0.1) is 6.54 Å². The molecule has 0 amide bonds. The van der Waals surface area contributed by atoms with Crippen molar-refractivity contribution in [3.8, 4) is 12.3 Å². The maximum atomic E-state index is 12.2. The Morgan fingerprint density at radius 1 is 1.44 bits per heavy atom. The summed E-state index contributed by atoms with van der Waals surface area (Å²) in [6.07, 6.45) is 5.05. The number of carboxylic acids is 1. The number of sulfonamides is 1. The van der Waals surface area contributed by atoms with Gasteiger partial charge in [-0.1, -0.05) is 5.92 Å². The minimum Gasteiger partial charge on any atom is -0.478 e. The van der Waals surface area contributed by atoms with Crippen LogP contribution in [0.4, 0.5) is 0 Å². The first-order valence-corrected chi connectivity index (χ1v) is 6.40. The van der Waals surface area contributed by atoms with E-state index in [4.69, 9.17) is 15.9 Å². The molecule has 0 spiro atoms. The third-order valence-electron chi connectivity index (χ3n) is 2.40. The highest BCUT2D eigenvalue weighted by Crippen LogP contribution is 2.28. The minimum atomic E-state index is -3.97. The molecule has 0 aromatic carbocycles. The first kappa shape index (κ1) is 14.3. The molecule has 1 aromatic rings. The van der Waals surface area contributed by atoms with Crippen molar-refractivity contribution in [2.24, 2.45) is 0 Å². The van der Waals surface area contributed by atoms with Crippen molar-refractivity contribution in [2.45, 2.75) is 18.7 Å². The van der Waals surface area contributed by atoms with E-state index in [2.05, 4.69) is 5.92 Å². The zero-order valence-electron chi connectivity index (χ0n) is 10.2. The average molecular weight is 271 g/mol. The maximum absolute atomic E-state index is 12.2. The Hall–Kier alpha value is -1.78. The van der Waals surface area contributed by atoms with Gasteiger partial charge in [0.2, 0.25) is 10.0 Å². The zero-order chi connectivity index (χ0) is 14.1. The van der Waals surface area contributed by atoms with Crippen molar-refractivity contribution >= 4 is 16.0 Å². The molecule has 18 heavy (non-hydrogen) atoms. The van der Waals surface area contributed by atoms with E-state index < -0.39 is 16.0 Å². The SMILES string of the molecule is C#CCN(C)S(=O)(=O)c1c(C)oc(C)c1C(=O)O. The summed E-state index contributed by atoms with van der Waals surface area (Å²) in [7, 11) is -2.69. The molecule has 98 valence electrons. The Morgan fingerprint density at radius 3 is 2.44 bits per heavy atom. The summed E-state index contributed by atoms with van der Waals surface area (Å²) in [5.74, 6) is 0.922. The van der Waals surface area contributed by atoms with Gasteiger partial charge in [0, 0.05) is 7.05 Å². The Bertz CT molecular complexity index is 621. The van der Waals surface area contributed by atoms with Gasteiger partial charge in [-0.3, -0.25) is 0 Å². The summed E-state index contributed by atoms with van der Waals surface area (Å²) in [5.41, 5.74) is -0.351. The van der Waals surface area contributed by atoms with E-state index in [0.717, 1.165) is 4.31 Å². The molecule has 1 aromatic heterocycles. The number of carbonyl (C=O) groups is 1. The van der Waals surface area contributed by atoms with Crippen molar-refractivity contribution in [1.82, 2.24) is 4.31 Å². The lowest BCUT2D eigenvalue weighted by molar-refractivity contribution is 0.0691. The van der Waals surface area contributed by atoms with E-state index in [0.29, 0.717) is 0 Å². The number of nitrogens with zero attached hydrogens (tertiary/aromatic N) is 1. The van der Waals surface area contributed by atoms with Crippen molar-refractivity contribution in [3.05, 3.63) is 17.1 Å². The van der Waals surface area contributed by atoms with Crippen LogP contribution in [0.25, 0.3) is 0 Å². The fourth-order valence-electron chi connectivity index (χ4n) is 1.59. The molecule has 0 bridgehead atoms. The topological polar surface area (TPSA) is 87.8 Å². The van der Waals surface area contributed by atoms with Gasteiger partial charge in [0.1, 0.15) is 22.0 Å². The van der Waals surface area contributed by atoms with Gasteiger partial charge in [-0.15, -0.1) is 6.42 Å². The summed E-state index contributed by atoms with van der Waals surface area (Å²) < 4.78 is 30.4. The van der Waals surface area contributed by atoms with Crippen LogP contribution in [0.3, 0.4) is 0 Å². The van der Waals surface area contributed by atoms with Crippen molar-refractivity contribution in [2.75, 3.05) is 13.6 Å². The third kappa shape index (κ3) is 2.25. The van der Waals surface area contributed by atoms with Crippen molar-refractivity contribution in [1.29, 1.82) is 0 Å². The molecule has 1 N–H and O–H groups in total. The normalized spacial score (nSPS) is 11.5. The highest BCUT2D eigenvalue weighted by atomic mass is 32.2. The lowest BCUT2D eigenvalue weighted by Gasteiger charge is -2.14. The summed E-state index contributed by atoms with van der Waals surface area (Å²) in [6, 6.07) is 0. The highest BCUT2D eigenvalue weighted by Gasteiger charge is 2.33. The van der Waals surface area contributed by atoms with Gasteiger partial charge in [-0.05, 0) is 13.8 Å². The molecule has 0 aliphatic heterocycles. The Morgan fingerprint density at radius 2 is 2.00 bits per heavy atom. The van der Waals surface area contributed by atoms with Gasteiger partial charge in [-0.25, -0.2) is 13.2 Å². The fraction of sp³-hybridized carbons (Fsp3) is 0.364. The van der Waals surface area contributed by atoms with Crippen molar-refractivity contribution < 1.29 is 22.7 Å². The number of hydrogen-bond acceptors (Lipinski definition) is 4. The lowest BCUT2D eigenvalue weighted by Crippen LogP contribution is -2.28. The Labute approximate surface area is 105 Å². The molecular formula is C11H13NO5S. The average Bonchev–Trinajstić information content (AvgIpc) is 2.54. The van der Waals surface area contributed by atoms with Crippen LogP contribution in [0, 0.1) is 26.2 Å². The van der Waals surface area contributed by atoms with Gasteiger partial charge < -0.3 is 9.52 Å². The lowest BCUT2D eigenvalue weighted by atomic mass is 10.2.